The minimum Gasteiger partial charge on any atom is -0.294 e. The van der Waals surface area contributed by atoms with E-state index in [1.54, 1.807) is 0 Å². The predicted molar refractivity (Wildman–Crippen MR) is 127 cm³/mol. The van der Waals surface area contributed by atoms with Gasteiger partial charge in [-0.05, 0) is 47.6 Å². The molecule has 0 spiro atoms. The van der Waals surface area contributed by atoms with Gasteiger partial charge >= 0.3 is 18.5 Å². The number of alkyl halides is 9. The van der Waals surface area contributed by atoms with Crippen molar-refractivity contribution < 1.29 is 48.7 Å². The minimum atomic E-state index is -5.18. The van der Waals surface area contributed by atoms with Crippen molar-refractivity contribution in [3.63, 3.8) is 0 Å². The Balaban J connectivity index is 2.39. The van der Waals surface area contributed by atoms with Crippen LogP contribution in [0.5, 0.6) is 0 Å². The van der Waals surface area contributed by atoms with Gasteiger partial charge in [-0.15, -0.1) is 0 Å². The van der Waals surface area contributed by atoms with Gasteiger partial charge in [0.05, 0.1) is 11.3 Å². The Bertz CT molecular complexity index is 1150. The molecule has 210 valence electrons. The van der Waals surface area contributed by atoms with Gasteiger partial charge in [-0.25, -0.2) is 4.39 Å². The number of Topliss-reactive ketones (excluding diaryl/α,β-unsaturated/α-hetero) is 1. The summed E-state index contributed by atoms with van der Waals surface area (Å²) in [6.45, 7) is 1.38. The number of allylic oxidation sites excluding steroid dienone is 1. The number of thioether (sulfide) groups is 1. The van der Waals surface area contributed by atoms with Crippen LogP contribution in [0.4, 0.5) is 43.9 Å². The Labute approximate surface area is 225 Å². The van der Waals surface area contributed by atoms with Gasteiger partial charge in [0.25, 0.3) is 0 Å². The van der Waals surface area contributed by atoms with Crippen molar-refractivity contribution in [2.75, 3.05) is 11.5 Å². The van der Waals surface area contributed by atoms with E-state index in [0.717, 1.165) is 24.3 Å². The molecule has 2 atom stereocenters. The Hall–Kier alpha value is -1.92. The van der Waals surface area contributed by atoms with Gasteiger partial charge in [0.1, 0.15) is 11.7 Å². The van der Waals surface area contributed by atoms with Crippen LogP contribution in [0.2, 0.25) is 10.0 Å². The van der Waals surface area contributed by atoms with Crippen LogP contribution in [0.15, 0.2) is 42.5 Å². The Kier molecular flexibility index (Phi) is 10.6. The van der Waals surface area contributed by atoms with E-state index in [4.69, 9.17) is 23.2 Å². The van der Waals surface area contributed by atoms with Crippen LogP contribution in [0.3, 0.4) is 0 Å². The minimum absolute atomic E-state index is 0.0684. The second-order valence-electron chi connectivity index (χ2n) is 8.36. The molecule has 1 nitrogen and oxygen atoms in total. The van der Waals surface area contributed by atoms with Crippen molar-refractivity contribution in [2.24, 2.45) is 5.92 Å². The highest BCUT2D eigenvalue weighted by Crippen LogP contribution is 2.41. The number of halogens is 12. The monoisotopic (exact) mass is 614 g/mol. The van der Waals surface area contributed by atoms with Crippen molar-refractivity contribution in [3.8, 4) is 0 Å². The number of benzene rings is 2. The second-order valence-corrected chi connectivity index (χ2v) is 10.3. The third kappa shape index (κ3) is 9.68. The predicted octanol–water partition coefficient (Wildman–Crippen LogP) is 10.2. The molecular weight excluding hydrogens is 597 g/mol. The first-order chi connectivity index (χ1) is 17.3. The fraction of sp³-hybridized carbons (Fsp3) is 0.375. The van der Waals surface area contributed by atoms with E-state index in [1.165, 1.54) is 6.92 Å². The lowest BCUT2D eigenvalue weighted by Crippen LogP contribution is -2.19. The summed E-state index contributed by atoms with van der Waals surface area (Å²) in [6.07, 6.45) is -15.2. The van der Waals surface area contributed by atoms with Crippen molar-refractivity contribution in [2.45, 2.75) is 37.8 Å². The summed E-state index contributed by atoms with van der Waals surface area (Å²) in [6, 6.07) is 4.46. The number of ketones is 1. The summed E-state index contributed by atoms with van der Waals surface area (Å²) in [4.78, 5) is 12.5. The topological polar surface area (TPSA) is 17.1 Å². The molecule has 0 heterocycles. The molecule has 0 amide bonds. The van der Waals surface area contributed by atoms with E-state index in [-0.39, 0.29) is 27.9 Å². The zero-order valence-corrected chi connectivity index (χ0v) is 21.5. The van der Waals surface area contributed by atoms with Gasteiger partial charge in [0, 0.05) is 27.6 Å². The molecule has 2 aromatic carbocycles. The van der Waals surface area contributed by atoms with Gasteiger partial charge in [0.2, 0.25) is 0 Å². The quantitative estimate of drug-likeness (QED) is 0.206. The number of hydrogen-bond donors (Lipinski definition) is 0. The number of carbonyl (C=O) groups excluding carboxylic acids is 1. The summed E-state index contributed by atoms with van der Waals surface area (Å²) in [5.74, 6) is -7.39. The van der Waals surface area contributed by atoms with E-state index >= 15 is 0 Å². The smallest absolute Gasteiger partial charge is 0.294 e. The fourth-order valence-electron chi connectivity index (χ4n) is 3.41. The van der Waals surface area contributed by atoms with Gasteiger partial charge in [0.15, 0.2) is 5.78 Å². The Morgan fingerprint density at radius 3 is 2.03 bits per heavy atom. The Morgan fingerprint density at radius 2 is 1.53 bits per heavy atom. The van der Waals surface area contributed by atoms with Crippen molar-refractivity contribution >= 4 is 46.6 Å². The van der Waals surface area contributed by atoms with Crippen LogP contribution in [0, 0.1) is 5.92 Å². The number of carbonyl (C=O) groups is 1. The summed E-state index contributed by atoms with van der Waals surface area (Å²) in [7, 11) is 0. The normalized spacial score (nSPS) is 14.9. The maximum atomic E-state index is 14.9. The molecule has 0 aliphatic rings. The van der Waals surface area contributed by atoms with Crippen LogP contribution in [-0.2, 0) is 6.18 Å². The van der Waals surface area contributed by atoms with Crippen molar-refractivity contribution in [1.29, 1.82) is 0 Å². The second kappa shape index (κ2) is 12.5. The molecule has 0 bridgehead atoms. The molecule has 0 saturated heterocycles. The molecular formula is C24H18Cl2F10OS. The average Bonchev–Trinajstić information content (AvgIpc) is 2.73. The molecule has 0 aromatic heterocycles. The van der Waals surface area contributed by atoms with E-state index in [9.17, 15) is 48.7 Å². The molecule has 0 aliphatic heterocycles. The molecule has 0 saturated carbocycles. The fourth-order valence-corrected chi connectivity index (χ4v) is 4.82. The largest absolute Gasteiger partial charge is 0.417 e. The van der Waals surface area contributed by atoms with Gasteiger partial charge in [-0.3, -0.25) is 4.79 Å². The zero-order chi connectivity index (χ0) is 29.1. The van der Waals surface area contributed by atoms with Crippen molar-refractivity contribution in [3.05, 3.63) is 74.8 Å². The lowest BCUT2D eigenvalue weighted by molar-refractivity contribution is -0.140. The first-order valence-electron chi connectivity index (χ1n) is 10.6. The van der Waals surface area contributed by atoms with Gasteiger partial charge in [-0.2, -0.15) is 51.3 Å². The highest BCUT2D eigenvalue weighted by atomic mass is 35.5. The first kappa shape index (κ1) is 32.3. The van der Waals surface area contributed by atoms with Crippen LogP contribution >= 0.6 is 35.0 Å². The molecule has 2 aromatic rings. The third-order valence-corrected chi connectivity index (χ3v) is 6.79. The van der Waals surface area contributed by atoms with Crippen LogP contribution in [0.1, 0.15) is 46.3 Å². The highest BCUT2D eigenvalue weighted by Gasteiger charge is 2.41. The van der Waals surface area contributed by atoms with Gasteiger partial charge in [-0.1, -0.05) is 42.3 Å². The van der Waals surface area contributed by atoms with Crippen molar-refractivity contribution in [1.82, 2.24) is 0 Å². The highest BCUT2D eigenvalue weighted by molar-refractivity contribution is 7.99. The van der Waals surface area contributed by atoms with E-state index in [1.807, 2.05) is 0 Å². The van der Waals surface area contributed by atoms with E-state index in [0.29, 0.717) is 17.8 Å². The third-order valence-electron chi connectivity index (χ3n) is 5.01. The molecule has 0 aliphatic carbocycles. The van der Waals surface area contributed by atoms with Crippen LogP contribution in [0.25, 0.3) is 5.83 Å². The maximum Gasteiger partial charge on any atom is 0.417 e. The lowest BCUT2D eigenvalue weighted by atomic mass is 9.93. The number of rotatable bonds is 9. The first-order valence-corrected chi connectivity index (χ1v) is 12.5. The van der Waals surface area contributed by atoms with E-state index < -0.39 is 76.4 Å². The molecule has 38 heavy (non-hydrogen) atoms. The van der Waals surface area contributed by atoms with Crippen LogP contribution in [-0.4, -0.2) is 29.6 Å². The summed E-state index contributed by atoms with van der Waals surface area (Å²) in [5.41, 5.74) is -3.89. The molecule has 0 fully saturated rings. The maximum absolute atomic E-state index is 14.9. The SMILES string of the molecule is C[C@H](CSCC(F)(F)F)CC(=O)c1ccc(/C(F)=C/C(c2cc(Cl)cc(Cl)c2)C(F)(F)F)cc1C(F)(F)F. The molecule has 0 N–H and O–H groups in total. The van der Waals surface area contributed by atoms with E-state index in [2.05, 4.69) is 0 Å². The molecule has 14 heteroatoms. The standard InChI is InChI=1S/C24H18Cl2F10OS/c1-12(10-38-11-22(28,29)30)4-21(37)17-3-2-13(7-19(17)24(34,35)36)20(27)9-18(23(31,32)33)14-5-15(25)8-16(26)6-14/h2-3,5-9,12,18H,4,10-11H2,1H3/b20-9-/t12-,18?/m0/s1. The van der Waals surface area contributed by atoms with Gasteiger partial charge < -0.3 is 0 Å². The van der Waals surface area contributed by atoms with Crippen LogP contribution < -0.4 is 0 Å². The zero-order valence-electron chi connectivity index (χ0n) is 19.2. The number of hydrogen-bond acceptors (Lipinski definition) is 2. The summed E-state index contributed by atoms with van der Waals surface area (Å²) < 4.78 is 134. The summed E-state index contributed by atoms with van der Waals surface area (Å²) in [5, 5.41) is -0.354. The summed E-state index contributed by atoms with van der Waals surface area (Å²) >= 11 is 11.9. The lowest BCUT2D eigenvalue weighted by Gasteiger charge is -2.19. The molecule has 2 rings (SSSR count). The molecule has 1 unspecified atom stereocenters. The molecule has 0 radical (unpaired) electrons. The Morgan fingerprint density at radius 1 is 0.947 bits per heavy atom. The average molecular weight is 615 g/mol.